The number of hydrogen-bond donors (Lipinski definition) is 1. The molecule has 7 heteroatoms. The number of rotatable bonds is 5. The number of nitrogens with one attached hydrogen (secondary N) is 1. The highest BCUT2D eigenvalue weighted by Crippen LogP contribution is 2.05. The minimum atomic E-state index is -3.09. The molecule has 0 aliphatic carbocycles. The van der Waals surface area contributed by atoms with Crippen molar-refractivity contribution in [2.75, 3.05) is 39.0 Å². The third-order valence-corrected chi connectivity index (χ3v) is 4.49. The largest absolute Gasteiger partial charge is 0.353 e. The number of nitrogens with zero attached hydrogens (tertiary/aromatic N) is 2. The van der Waals surface area contributed by atoms with Gasteiger partial charge in [-0.05, 0) is 13.3 Å². The zero-order chi connectivity index (χ0) is 13.8. The Kier molecular flexibility index (Phi) is 5.55. The van der Waals surface area contributed by atoms with E-state index in [2.05, 4.69) is 5.32 Å². The van der Waals surface area contributed by atoms with Gasteiger partial charge in [-0.3, -0.25) is 9.69 Å². The average molecular weight is 277 g/mol. The van der Waals surface area contributed by atoms with Crippen LogP contribution in [-0.4, -0.2) is 68.6 Å². The fraction of sp³-hybridized carbons (Fsp3) is 0.909. The smallest absolute Gasteiger partial charge is 0.234 e. The molecule has 1 aliphatic rings. The second kappa shape index (κ2) is 6.49. The van der Waals surface area contributed by atoms with Gasteiger partial charge in [-0.25, -0.2) is 8.42 Å². The number of carbonyl (C=O) groups is 1. The van der Waals surface area contributed by atoms with Crippen molar-refractivity contribution >= 4 is 15.9 Å². The van der Waals surface area contributed by atoms with E-state index in [-0.39, 0.29) is 11.9 Å². The Morgan fingerprint density at radius 3 is 2.28 bits per heavy atom. The fourth-order valence-corrected chi connectivity index (χ4v) is 2.67. The highest BCUT2D eigenvalue weighted by atomic mass is 32.2. The molecule has 0 aromatic carbocycles. The van der Waals surface area contributed by atoms with Crippen molar-refractivity contribution in [1.29, 1.82) is 0 Å². The Morgan fingerprint density at radius 2 is 1.83 bits per heavy atom. The Balaban J connectivity index is 2.34. The molecule has 1 heterocycles. The number of amides is 1. The Bertz CT molecular complexity index is 375. The minimum absolute atomic E-state index is 0.0113. The molecule has 1 amide bonds. The van der Waals surface area contributed by atoms with Crippen molar-refractivity contribution in [2.45, 2.75) is 26.3 Å². The van der Waals surface area contributed by atoms with Crippen LogP contribution < -0.4 is 5.32 Å². The Labute approximate surface area is 109 Å². The van der Waals surface area contributed by atoms with Gasteiger partial charge in [-0.2, -0.15) is 4.31 Å². The molecule has 1 saturated heterocycles. The molecular formula is C11H23N3O3S. The van der Waals surface area contributed by atoms with Gasteiger partial charge in [0.1, 0.15) is 0 Å². The molecule has 0 aromatic heterocycles. The van der Waals surface area contributed by atoms with Gasteiger partial charge in [0.15, 0.2) is 0 Å². The van der Waals surface area contributed by atoms with E-state index in [1.54, 1.807) is 0 Å². The van der Waals surface area contributed by atoms with Crippen molar-refractivity contribution in [3.05, 3.63) is 0 Å². The molecule has 0 spiro atoms. The number of hydrogen-bond acceptors (Lipinski definition) is 4. The van der Waals surface area contributed by atoms with Gasteiger partial charge >= 0.3 is 0 Å². The first-order chi connectivity index (χ1) is 8.32. The lowest BCUT2D eigenvalue weighted by atomic mass is 10.2. The number of piperazine rings is 1. The highest BCUT2D eigenvalue weighted by molar-refractivity contribution is 7.88. The van der Waals surface area contributed by atoms with Crippen LogP contribution in [0.3, 0.4) is 0 Å². The average Bonchev–Trinajstić information content (AvgIpc) is 2.28. The summed E-state index contributed by atoms with van der Waals surface area (Å²) in [6, 6.07) is 0.190. The quantitative estimate of drug-likeness (QED) is 0.734. The molecule has 0 saturated carbocycles. The number of sulfonamides is 1. The SMILES string of the molecule is CCC(C)NC(=O)CN1CCN(S(C)(=O)=O)CC1. The Hall–Kier alpha value is -0.660. The number of carbonyl (C=O) groups excluding carboxylic acids is 1. The van der Waals surface area contributed by atoms with Crippen LogP contribution in [0.1, 0.15) is 20.3 Å². The predicted octanol–water partition coefficient (Wildman–Crippen LogP) is -0.522. The van der Waals surface area contributed by atoms with E-state index in [0.29, 0.717) is 32.7 Å². The van der Waals surface area contributed by atoms with Crippen molar-refractivity contribution in [3.63, 3.8) is 0 Å². The summed E-state index contributed by atoms with van der Waals surface area (Å²) >= 11 is 0. The van der Waals surface area contributed by atoms with Gasteiger partial charge in [-0.15, -0.1) is 0 Å². The second-order valence-electron chi connectivity index (χ2n) is 4.81. The van der Waals surface area contributed by atoms with Gasteiger partial charge in [0.25, 0.3) is 0 Å². The van der Waals surface area contributed by atoms with Gasteiger partial charge in [-0.1, -0.05) is 6.92 Å². The molecule has 0 aromatic rings. The van der Waals surface area contributed by atoms with Crippen LogP contribution in [0.5, 0.6) is 0 Å². The maximum Gasteiger partial charge on any atom is 0.234 e. The summed E-state index contributed by atoms with van der Waals surface area (Å²) < 4.78 is 24.1. The third-order valence-electron chi connectivity index (χ3n) is 3.19. The van der Waals surface area contributed by atoms with E-state index < -0.39 is 10.0 Å². The molecule has 1 aliphatic heterocycles. The molecule has 1 unspecified atom stereocenters. The first-order valence-corrected chi connectivity index (χ1v) is 8.14. The Morgan fingerprint density at radius 1 is 1.28 bits per heavy atom. The fourth-order valence-electron chi connectivity index (χ4n) is 1.84. The maximum absolute atomic E-state index is 11.7. The van der Waals surface area contributed by atoms with E-state index in [9.17, 15) is 13.2 Å². The lowest BCUT2D eigenvalue weighted by Gasteiger charge is -2.32. The van der Waals surface area contributed by atoms with E-state index >= 15 is 0 Å². The molecule has 6 nitrogen and oxygen atoms in total. The summed E-state index contributed by atoms with van der Waals surface area (Å²) in [5.41, 5.74) is 0. The van der Waals surface area contributed by atoms with Crippen LogP contribution in [0, 0.1) is 0 Å². The van der Waals surface area contributed by atoms with Crippen LogP contribution in [0.2, 0.25) is 0 Å². The van der Waals surface area contributed by atoms with E-state index in [1.807, 2.05) is 18.7 Å². The molecule has 0 bridgehead atoms. The van der Waals surface area contributed by atoms with Gasteiger partial charge < -0.3 is 5.32 Å². The van der Waals surface area contributed by atoms with E-state index in [1.165, 1.54) is 10.6 Å². The molecule has 0 radical (unpaired) electrons. The summed E-state index contributed by atoms with van der Waals surface area (Å²) in [4.78, 5) is 13.7. The zero-order valence-corrected chi connectivity index (χ0v) is 12.2. The first kappa shape index (κ1) is 15.4. The van der Waals surface area contributed by atoms with Crippen LogP contribution in [0.25, 0.3) is 0 Å². The van der Waals surface area contributed by atoms with Crippen LogP contribution in [-0.2, 0) is 14.8 Å². The lowest BCUT2D eigenvalue weighted by Crippen LogP contribution is -2.51. The molecule has 1 fully saturated rings. The van der Waals surface area contributed by atoms with Crippen molar-refractivity contribution in [1.82, 2.24) is 14.5 Å². The zero-order valence-electron chi connectivity index (χ0n) is 11.3. The van der Waals surface area contributed by atoms with E-state index in [4.69, 9.17) is 0 Å². The molecule has 1 atom stereocenters. The third kappa shape index (κ3) is 4.91. The topological polar surface area (TPSA) is 69.7 Å². The monoisotopic (exact) mass is 277 g/mol. The molecular weight excluding hydrogens is 254 g/mol. The molecule has 1 N–H and O–H groups in total. The highest BCUT2D eigenvalue weighted by Gasteiger charge is 2.24. The van der Waals surface area contributed by atoms with E-state index in [0.717, 1.165) is 6.42 Å². The summed E-state index contributed by atoms with van der Waals surface area (Å²) in [5, 5.41) is 2.91. The predicted molar refractivity (Wildman–Crippen MR) is 70.8 cm³/mol. The normalized spacial score (nSPS) is 20.6. The summed E-state index contributed by atoms with van der Waals surface area (Å²) in [6.45, 7) is 6.50. The summed E-state index contributed by atoms with van der Waals surface area (Å²) in [6.07, 6.45) is 2.13. The molecule has 1 rings (SSSR count). The van der Waals surface area contributed by atoms with Crippen molar-refractivity contribution < 1.29 is 13.2 Å². The molecule has 106 valence electrons. The maximum atomic E-state index is 11.7. The van der Waals surface area contributed by atoms with Crippen LogP contribution >= 0.6 is 0 Å². The summed E-state index contributed by atoms with van der Waals surface area (Å²) in [5.74, 6) is 0.0113. The standard InChI is InChI=1S/C11H23N3O3S/c1-4-10(2)12-11(15)9-13-5-7-14(8-6-13)18(3,16)17/h10H,4-9H2,1-3H3,(H,12,15). The lowest BCUT2D eigenvalue weighted by molar-refractivity contribution is -0.123. The van der Waals surface area contributed by atoms with Crippen LogP contribution in [0.15, 0.2) is 0 Å². The van der Waals surface area contributed by atoms with Crippen molar-refractivity contribution in [2.24, 2.45) is 0 Å². The van der Waals surface area contributed by atoms with Gasteiger partial charge in [0.05, 0.1) is 12.8 Å². The van der Waals surface area contributed by atoms with Gasteiger partial charge in [0, 0.05) is 32.2 Å². The van der Waals surface area contributed by atoms with Crippen molar-refractivity contribution in [3.8, 4) is 0 Å². The van der Waals surface area contributed by atoms with Crippen LogP contribution in [0.4, 0.5) is 0 Å². The van der Waals surface area contributed by atoms with Gasteiger partial charge in [0.2, 0.25) is 15.9 Å². The first-order valence-electron chi connectivity index (χ1n) is 6.29. The molecule has 18 heavy (non-hydrogen) atoms. The summed E-state index contributed by atoms with van der Waals surface area (Å²) in [7, 11) is -3.09. The minimum Gasteiger partial charge on any atom is -0.353 e. The second-order valence-corrected chi connectivity index (χ2v) is 6.80.